The van der Waals surface area contributed by atoms with Gasteiger partial charge in [-0.2, -0.15) is 26.3 Å². The minimum Gasteiger partial charge on any atom is -0.475 e. The molecule has 4 heterocycles. The number of likely N-dealkylation sites (tertiary alicyclic amines) is 1. The van der Waals surface area contributed by atoms with E-state index < -0.39 is 24.3 Å². The number of carboxylic acid groups (broad SMARTS) is 2. The van der Waals surface area contributed by atoms with Crippen LogP contribution in [0.1, 0.15) is 23.2 Å². The molecule has 0 unspecified atom stereocenters. The van der Waals surface area contributed by atoms with Gasteiger partial charge in [0.25, 0.3) is 5.91 Å². The number of carboxylic acids is 2. The number of ether oxygens (including phenoxy) is 2. The number of halogens is 6. The normalized spacial score (nSPS) is 23.5. The largest absolute Gasteiger partial charge is 0.490 e. The molecule has 3 fully saturated rings. The average molecular weight is 573 g/mol. The van der Waals surface area contributed by atoms with Crippen molar-refractivity contribution in [2.24, 2.45) is 17.8 Å². The van der Waals surface area contributed by atoms with Crippen LogP contribution in [0.25, 0.3) is 0 Å². The molecule has 3 saturated heterocycles. The van der Waals surface area contributed by atoms with E-state index in [1.165, 1.54) is 12.8 Å². The molecule has 0 spiro atoms. The third kappa shape index (κ3) is 11.0. The summed E-state index contributed by atoms with van der Waals surface area (Å²) in [6, 6.07) is 3.58. The van der Waals surface area contributed by atoms with Gasteiger partial charge in [-0.3, -0.25) is 9.78 Å². The van der Waals surface area contributed by atoms with Gasteiger partial charge in [-0.15, -0.1) is 0 Å². The molecular formula is C23H29F6N3O7. The highest BCUT2D eigenvalue weighted by Crippen LogP contribution is 2.34. The predicted octanol–water partition coefficient (Wildman–Crippen LogP) is 2.45. The van der Waals surface area contributed by atoms with E-state index in [9.17, 15) is 31.1 Å². The Morgan fingerprint density at radius 2 is 1.62 bits per heavy atom. The van der Waals surface area contributed by atoms with Crippen molar-refractivity contribution in [3.8, 4) is 0 Å². The van der Waals surface area contributed by atoms with Crippen LogP contribution in [-0.2, 0) is 19.1 Å². The number of carbonyl (C=O) groups is 3. The summed E-state index contributed by atoms with van der Waals surface area (Å²) in [5.41, 5.74) is 0.616. The quantitative estimate of drug-likeness (QED) is 0.454. The summed E-state index contributed by atoms with van der Waals surface area (Å²) in [7, 11) is 0. The number of amides is 1. The lowest BCUT2D eigenvalue weighted by molar-refractivity contribution is -0.193. The van der Waals surface area contributed by atoms with E-state index in [1.807, 2.05) is 0 Å². The van der Waals surface area contributed by atoms with Gasteiger partial charge in [0.2, 0.25) is 0 Å². The highest BCUT2D eigenvalue weighted by Gasteiger charge is 2.44. The van der Waals surface area contributed by atoms with Crippen molar-refractivity contribution in [3.63, 3.8) is 0 Å². The first-order valence-corrected chi connectivity index (χ1v) is 11.9. The fourth-order valence-electron chi connectivity index (χ4n) is 4.36. The monoisotopic (exact) mass is 573 g/mol. The molecule has 0 radical (unpaired) electrons. The molecule has 3 aliphatic heterocycles. The SMILES string of the molecule is O=C(NC[C@H]1CO[C@@H]2CN(CC3CCOCC3)C[C@H]12)c1cccnc1.O=C(O)C(F)(F)F.O=C(O)C(F)(F)F. The number of aromatic nitrogens is 1. The van der Waals surface area contributed by atoms with E-state index in [1.54, 1.807) is 24.5 Å². The van der Waals surface area contributed by atoms with Crippen molar-refractivity contribution in [1.82, 2.24) is 15.2 Å². The van der Waals surface area contributed by atoms with E-state index in [4.69, 9.17) is 29.3 Å². The molecule has 4 rings (SSSR count). The van der Waals surface area contributed by atoms with Gasteiger partial charge in [-0.05, 0) is 30.9 Å². The first kappa shape index (κ1) is 32.2. The summed E-state index contributed by atoms with van der Waals surface area (Å²) in [5.74, 6) is -3.86. The number of pyridine rings is 1. The van der Waals surface area contributed by atoms with E-state index in [-0.39, 0.29) is 5.91 Å². The molecule has 3 atom stereocenters. The first-order chi connectivity index (χ1) is 18.2. The van der Waals surface area contributed by atoms with Crippen molar-refractivity contribution >= 4 is 17.8 Å². The Hall–Kier alpha value is -2.98. The van der Waals surface area contributed by atoms with Crippen molar-refractivity contribution < 1.29 is 60.4 Å². The van der Waals surface area contributed by atoms with E-state index in [2.05, 4.69) is 15.2 Å². The highest BCUT2D eigenvalue weighted by atomic mass is 19.4. The Bertz CT molecular complexity index is 918. The second-order valence-electron chi connectivity index (χ2n) is 9.13. The number of hydrogen-bond acceptors (Lipinski definition) is 7. The van der Waals surface area contributed by atoms with Crippen LogP contribution < -0.4 is 5.32 Å². The molecule has 1 amide bonds. The fourth-order valence-corrected chi connectivity index (χ4v) is 4.36. The van der Waals surface area contributed by atoms with Crippen LogP contribution in [0.2, 0.25) is 0 Å². The predicted molar refractivity (Wildman–Crippen MR) is 121 cm³/mol. The van der Waals surface area contributed by atoms with Gasteiger partial charge in [-0.1, -0.05) is 0 Å². The van der Waals surface area contributed by atoms with Crippen molar-refractivity contribution in [3.05, 3.63) is 30.1 Å². The van der Waals surface area contributed by atoms with Gasteiger partial charge in [0.1, 0.15) is 0 Å². The summed E-state index contributed by atoms with van der Waals surface area (Å²) >= 11 is 0. The summed E-state index contributed by atoms with van der Waals surface area (Å²) in [5, 5.41) is 17.3. The van der Waals surface area contributed by atoms with Crippen LogP contribution in [0.4, 0.5) is 26.3 Å². The van der Waals surface area contributed by atoms with Crippen molar-refractivity contribution in [2.75, 3.05) is 46.0 Å². The lowest BCUT2D eigenvalue weighted by atomic mass is 9.93. The number of nitrogens with zero attached hydrogens (tertiary/aromatic N) is 2. The second-order valence-corrected chi connectivity index (χ2v) is 9.13. The fraction of sp³-hybridized carbons (Fsp3) is 0.652. The molecule has 39 heavy (non-hydrogen) atoms. The lowest BCUT2D eigenvalue weighted by Gasteiger charge is -2.27. The molecule has 3 aliphatic rings. The standard InChI is InChI=1S/C19H27N3O3.2C2HF3O2/c23-19(15-2-1-5-20-8-15)21-9-16-13-25-18-12-22(11-17(16)18)10-14-3-6-24-7-4-14;2*3-2(4,5)1(6)7/h1-2,5,8,14,16-18H,3-4,6-7,9-13H2,(H,21,23);2*(H,6,7)/t16-,17+,18+;;/m0../s1. The maximum Gasteiger partial charge on any atom is 0.490 e. The molecule has 1 aromatic heterocycles. The third-order valence-electron chi connectivity index (χ3n) is 6.31. The van der Waals surface area contributed by atoms with Crippen LogP contribution in [0.5, 0.6) is 0 Å². The second kappa shape index (κ2) is 14.4. The maximum absolute atomic E-state index is 12.2. The van der Waals surface area contributed by atoms with Gasteiger partial charge in [0.15, 0.2) is 0 Å². The molecule has 0 aliphatic carbocycles. The number of carbonyl (C=O) groups excluding carboxylic acids is 1. The average Bonchev–Trinajstić information content (AvgIpc) is 3.43. The molecule has 220 valence electrons. The zero-order valence-electron chi connectivity index (χ0n) is 20.6. The Morgan fingerprint density at radius 1 is 1.03 bits per heavy atom. The van der Waals surface area contributed by atoms with Crippen LogP contribution in [0.3, 0.4) is 0 Å². The summed E-state index contributed by atoms with van der Waals surface area (Å²) in [4.78, 5) is 36.6. The number of nitrogens with one attached hydrogen (secondary N) is 1. The lowest BCUT2D eigenvalue weighted by Crippen LogP contribution is -2.35. The van der Waals surface area contributed by atoms with Crippen LogP contribution in [0, 0.1) is 17.8 Å². The molecule has 3 N–H and O–H groups in total. The highest BCUT2D eigenvalue weighted by molar-refractivity contribution is 5.93. The van der Waals surface area contributed by atoms with E-state index in [0.717, 1.165) is 45.4 Å². The topological polar surface area (TPSA) is 138 Å². The van der Waals surface area contributed by atoms with Gasteiger partial charge in [0.05, 0.1) is 18.3 Å². The zero-order valence-corrected chi connectivity index (χ0v) is 20.6. The molecule has 0 saturated carbocycles. The smallest absolute Gasteiger partial charge is 0.475 e. The molecule has 0 aromatic carbocycles. The molecule has 16 heteroatoms. The van der Waals surface area contributed by atoms with E-state index >= 15 is 0 Å². The maximum atomic E-state index is 12.2. The van der Waals surface area contributed by atoms with E-state index in [0.29, 0.717) is 30.0 Å². The van der Waals surface area contributed by atoms with Crippen molar-refractivity contribution in [2.45, 2.75) is 31.3 Å². The Kier molecular flexibility index (Phi) is 11.9. The Labute approximate surface area is 219 Å². The van der Waals surface area contributed by atoms with Crippen molar-refractivity contribution in [1.29, 1.82) is 0 Å². The molecule has 0 bridgehead atoms. The van der Waals surface area contributed by atoms with Gasteiger partial charge < -0.3 is 29.9 Å². The van der Waals surface area contributed by atoms with Gasteiger partial charge in [-0.25, -0.2) is 9.59 Å². The molecule has 10 nitrogen and oxygen atoms in total. The number of aliphatic carboxylic acids is 2. The number of rotatable bonds is 5. The molecular weight excluding hydrogens is 544 g/mol. The van der Waals surface area contributed by atoms with Crippen LogP contribution in [-0.4, -0.2) is 102 Å². The minimum atomic E-state index is -5.08. The Morgan fingerprint density at radius 3 is 2.13 bits per heavy atom. The summed E-state index contributed by atoms with van der Waals surface area (Å²) in [6.45, 7) is 6.54. The van der Waals surface area contributed by atoms with Crippen LogP contribution >= 0.6 is 0 Å². The number of hydrogen-bond donors (Lipinski definition) is 3. The molecule has 1 aromatic rings. The summed E-state index contributed by atoms with van der Waals surface area (Å²) in [6.07, 6.45) is -4.19. The van der Waals surface area contributed by atoms with Gasteiger partial charge in [0, 0.05) is 63.6 Å². The van der Waals surface area contributed by atoms with Crippen LogP contribution in [0.15, 0.2) is 24.5 Å². The number of fused-ring (bicyclic) bond motifs is 1. The van der Waals surface area contributed by atoms with Gasteiger partial charge >= 0.3 is 24.3 Å². The number of alkyl halides is 6. The minimum absolute atomic E-state index is 0.0476. The summed E-state index contributed by atoms with van der Waals surface area (Å²) < 4.78 is 74.9. The zero-order chi connectivity index (χ0) is 29.2. The Balaban J connectivity index is 0.000000317. The first-order valence-electron chi connectivity index (χ1n) is 11.9. The third-order valence-corrected chi connectivity index (χ3v) is 6.31.